The van der Waals surface area contributed by atoms with Crippen molar-refractivity contribution in [3.8, 4) is 0 Å². The minimum absolute atomic E-state index is 0.881. The van der Waals surface area contributed by atoms with E-state index in [0.29, 0.717) is 0 Å². The van der Waals surface area contributed by atoms with Gasteiger partial charge in [-0.2, -0.15) is 0 Å². The predicted molar refractivity (Wildman–Crippen MR) is 241 cm³/mol. The fourth-order valence-corrected chi connectivity index (χ4v) is 9.69. The van der Waals surface area contributed by atoms with Crippen LogP contribution < -0.4 is 5.32 Å². The van der Waals surface area contributed by atoms with E-state index in [2.05, 4.69) is 5.32 Å². The van der Waals surface area contributed by atoms with E-state index in [1.54, 1.807) is 0 Å². The van der Waals surface area contributed by atoms with Crippen LogP contribution in [0.25, 0.3) is 0 Å². The summed E-state index contributed by atoms with van der Waals surface area (Å²) < 4.78 is 69.5. The third kappa shape index (κ3) is 14.2. The number of hydrogen-bond acceptors (Lipinski definition) is 33. The van der Waals surface area contributed by atoms with Crippen molar-refractivity contribution in [3.05, 3.63) is 0 Å². The first-order valence-corrected chi connectivity index (χ1v) is 25.1. The van der Waals surface area contributed by atoms with E-state index >= 15 is 0 Å². The van der Waals surface area contributed by atoms with Crippen LogP contribution >= 0.6 is 0 Å². The molecule has 6 heterocycles. The van der Waals surface area contributed by atoms with E-state index in [1.807, 2.05) is 0 Å². The van der Waals surface area contributed by atoms with Crippen molar-refractivity contribution in [2.45, 2.75) is 236 Å². The molecule has 456 valence electrons. The molecule has 0 spiro atoms. The summed E-state index contributed by atoms with van der Waals surface area (Å²) in [4.78, 5) is 13.0. The van der Waals surface area contributed by atoms with Crippen LogP contribution in [0.15, 0.2) is 0 Å². The summed E-state index contributed by atoms with van der Waals surface area (Å²) in [6, 6.07) is -1.79. The second-order valence-electron chi connectivity index (χ2n) is 20.1. The summed E-state index contributed by atoms with van der Waals surface area (Å²) in [5, 5.41) is 218. The van der Waals surface area contributed by atoms with Crippen LogP contribution in [0.1, 0.15) is 27.7 Å². The molecule has 6 saturated heterocycles. The summed E-state index contributed by atoms with van der Waals surface area (Å²) in [7, 11) is 0. The molecule has 34 heteroatoms. The lowest BCUT2D eigenvalue weighted by Gasteiger charge is -2.50. The van der Waals surface area contributed by atoms with Gasteiger partial charge in [0.2, 0.25) is 5.91 Å². The summed E-state index contributed by atoms with van der Waals surface area (Å²) >= 11 is 0. The van der Waals surface area contributed by atoms with Gasteiger partial charge in [0, 0.05) is 6.92 Å². The molecule has 1 amide bonds. The monoisotopic (exact) mass is 1150 g/mol. The Labute approximate surface area is 443 Å². The number of aliphatic hydroxyl groups is 20. The Bertz CT molecular complexity index is 1840. The average molecular weight is 1150 g/mol. The number of rotatable bonds is 21. The van der Waals surface area contributed by atoms with E-state index in [0.717, 1.165) is 6.92 Å². The molecular formula is C44H77NO33. The van der Waals surface area contributed by atoms with Gasteiger partial charge < -0.3 is 164 Å². The molecule has 78 heavy (non-hydrogen) atoms. The molecule has 6 aliphatic heterocycles. The second-order valence-corrected chi connectivity index (χ2v) is 20.1. The van der Waals surface area contributed by atoms with Gasteiger partial charge in [0.15, 0.2) is 37.7 Å². The van der Waals surface area contributed by atoms with Crippen LogP contribution in [-0.2, 0) is 61.6 Å². The van der Waals surface area contributed by atoms with E-state index in [4.69, 9.17) is 56.8 Å². The second kappa shape index (κ2) is 28.2. The number of nitrogens with one attached hydrogen (secondary N) is 1. The molecule has 34 atom stereocenters. The van der Waals surface area contributed by atoms with Crippen molar-refractivity contribution >= 4 is 5.91 Å². The summed E-state index contributed by atoms with van der Waals surface area (Å²) in [5.74, 6) is -0.881. The first-order chi connectivity index (χ1) is 36.7. The number of amides is 1. The molecule has 21 N–H and O–H groups in total. The van der Waals surface area contributed by atoms with Gasteiger partial charge in [-0.05, 0) is 20.8 Å². The average Bonchev–Trinajstić information content (AvgIpc) is 3.46. The Hall–Kier alpha value is -1.81. The van der Waals surface area contributed by atoms with Gasteiger partial charge >= 0.3 is 0 Å². The molecular weight excluding hydrogens is 1070 g/mol. The lowest BCUT2D eigenvalue weighted by Crippen LogP contribution is -2.70. The fraction of sp³-hybridized carbons (Fsp3) is 0.977. The van der Waals surface area contributed by atoms with Gasteiger partial charge in [0.1, 0.15) is 153 Å². The number of aliphatic hydroxyl groups excluding tert-OH is 20. The first-order valence-electron chi connectivity index (χ1n) is 25.1. The maximum Gasteiger partial charge on any atom is 0.217 e. The zero-order valence-corrected chi connectivity index (χ0v) is 42.4. The van der Waals surface area contributed by atoms with Gasteiger partial charge in [-0.1, -0.05) is 0 Å². The third-order valence-electron chi connectivity index (χ3n) is 14.5. The lowest BCUT2D eigenvalue weighted by molar-refractivity contribution is -0.382. The predicted octanol–water partition coefficient (Wildman–Crippen LogP) is -13.4. The van der Waals surface area contributed by atoms with Crippen molar-refractivity contribution in [2.24, 2.45) is 0 Å². The zero-order chi connectivity index (χ0) is 57.9. The van der Waals surface area contributed by atoms with Crippen LogP contribution in [0.4, 0.5) is 0 Å². The molecule has 0 aromatic heterocycles. The third-order valence-corrected chi connectivity index (χ3v) is 14.5. The SMILES string of the molecule is CC(=O)N[C@H]1[C@H](OC[C@@H](O)[C@H](O)[C@H](O[C@@H]2O[C@H](CO)[C@H](O)[C@H](O)[C@H]2O[C@@H]2O[C@@H](C)[C@@H](O)[C@@H](O)[C@@H]2O)[C@H](CO)O[C@@H]2O[C@@H](C)[C@@H](O)[C@@H](O)[C@@H]2O)O[C@H](CO)[C@@H](O[C@@H]2O[C@H](CO)[C@H](O)[C@H](O)[C@H]2O)[C@@H]1O[C@@H]1O[C@@H](C)[C@@H](O)[C@@H](O)[C@@H]1O. The standard InChI is InChI=1S/C44H77NO33/c1-10-20(52)26(58)31(63)40(68-10)74-17(7-48)35(75-44-38(30(62)25(57)16(6-47)72-44)78-42-33(65)28(60)22(54)12(3)70-42)23(55)14(51)9-67-39-19(45-13(4)50)37(77-41-32(64)27(59)21(53)11(2)69-41)36(18(8-49)73-39)76-43-34(66)29(61)24(56)15(5-46)71-43/h10-12,14-44,46-49,51-66H,5-9H2,1-4H3,(H,45,50)/t10-,11-,12-,14+,15+,16+,17-,18+,19+,20+,21+,22+,23-,24-,25-,26+,27+,28+,29-,30-,31-,32-,33-,34+,35+,36+,37+,38+,39+,40-,41-,42-,43-,44-/m0/s1. The number of ether oxygens (including phenoxy) is 12. The molecule has 0 aromatic rings. The van der Waals surface area contributed by atoms with Crippen LogP contribution in [0.3, 0.4) is 0 Å². The maximum absolute atomic E-state index is 13.0. The summed E-state index contributed by atoms with van der Waals surface area (Å²) in [5.41, 5.74) is 0. The van der Waals surface area contributed by atoms with E-state index in [9.17, 15) is 107 Å². The fourth-order valence-electron chi connectivity index (χ4n) is 9.69. The Morgan fingerprint density at radius 2 is 0.846 bits per heavy atom. The quantitative estimate of drug-likeness (QED) is 0.0507. The normalized spacial score (nSPS) is 49.1. The van der Waals surface area contributed by atoms with Crippen molar-refractivity contribution in [2.75, 3.05) is 33.0 Å². The Balaban J connectivity index is 1.33. The summed E-state index contributed by atoms with van der Waals surface area (Å²) in [6.45, 7) is -0.597. The highest BCUT2D eigenvalue weighted by atomic mass is 16.8. The first kappa shape index (κ1) is 65.3. The van der Waals surface area contributed by atoms with Crippen molar-refractivity contribution in [1.29, 1.82) is 0 Å². The van der Waals surface area contributed by atoms with E-state index in [-0.39, 0.29) is 0 Å². The van der Waals surface area contributed by atoms with Crippen LogP contribution in [0.2, 0.25) is 0 Å². The minimum atomic E-state index is -2.49. The molecule has 0 radical (unpaired) electrons. The van der Waals surface area contributed by atoms with E-state index in [1.165, 1.54) is 20.8 Å². The van der Waals surface area contributed by atoms with Crippen LogP contribution in [0.5, 0.6) is 0 Å². The molecule has 6 fully saturated rings. The van der Waals surface area contributed by atoms with E-state index < -0.39 is 248 Å². The van der Waals surface area contributed by atoms with Gasteiger partial charge in [-0.15, -0.1) is 0 Å². The molecule has 34 nitrogen and oxygen atoms in total. The highest BCUT2D eigenvalue weighted by molar-refractivity contribution is 5.73. The van der Waals surface area contributed by atoms with Crippen molar-refractivity contribution in [1.82, 2.24) is 5.32 Å². The maximum atomic E-state index is 13.0. The smallest absolute Gasteiger partial charge is 0.217 e. The number of carbonyl (C=O) groups excluding carboxylic acids is 1. The van der Waals surface area contributed by atoms with Gasteiger partial charge in [0.25, 0.3) is 0 Å². The Morgan fingerprint density at radius 1 is 0.449 bits per heavy atom. The molecule has 0 aliphatic carbocycles. The van der Waals surface area contributed by atoms with Gasteiger partial charge in [-0.3, -0.25) is 4.79 Å². The lowest BCUT2D eigenvalue weighted by atomic mass is 9.94. The van der Waals surface area contributed by atoms with Gasteiger partial charge in [-0.25, -0.2) is 0 Å². The highest BCUT2D eigenvalue weighted by Crippen LogP contribution is 2.36. The van der Waals surface area contributed by atoms with Crippen molar-refractivity contribution in [3.63, 3.8) is 0 Å². The molecule has 0 saturated carbocycles. The van der Waals surface area contributed by atoms with Crippen molar-refractivity contribution < 1.29 is 164 Å². The zero-order valence-electron chi connectivity index (χ0n) is 42.4. The Morgan fingerprint density at radius 3 is 1.32 bits per heavy atom. The topological polar surface area (TPSA) is 544 Å². The summed E-state index contributed by atoms with van der Waals surface area (Å²) in [6.07, 6.45) is -62.8. The molecule has 0 aromatic carbocycles. The van der Waals surface area contributed by atoms with Crippen LogP contribution in [-0.4, -0.2) is 350 Å². The number of carbonyl (C=O) groups is 1. The minimum Gasteiger partial charge on any atom is -0.394 e. The molecule has 0 unspecified atom stereocenters. The Kier molecular flexibility index (Phi) is 23.6. The molecule has 6 rings (SSSR count). The molecule has 6 aliphatic rings. The molecule has 0 bridgehead atoms. The number of hydrogen-bond donors (Lipinski definition) is 21. The van der Waals surface area contributed by atoms with Crippen LogP contribution in [0, 0.1) is 0 Å². The van der Waals surface area contributed by atoms with Gasteiger partial charge in [0.05, 0.1) is 51.3 Å². The highest BCUT2D eigenvalue weighted by Gasteiger charge is 2.57. The largest absolute Gasteiger partial charge is 0.394 e.